The molecule has 4 nitrogen and oxygen atoms in total. The Kier molecular flexibility index (Phi) is 3.10. The van der Waals surface area contributed by atoms with Gasteiger partial charge in [-0.2, -0.15) is 5.26 Å². The molecule has 0 bridgehead atoms. The van der Waals surface area contributed by atoms with Crippen LogP contribution in [-0.4, -0.2) is 17.1 Å². The van der Waals surface area contributed by atoms with Gasteiger partial charge in [0, 0.05) is 17.5 Å². The number of aromatic amines is 1. The number of benzene rings is 1. The monoisotopic (exact) mass is 227 g/mol. The van der Waals surface area contributed by atoms with E-state index in [1.54, 1.807) is 13.3 Å². The highest BCUT2D eigenvalue weighted by atomic mass is 16.5. The van der Waals surface area contributed by atoms with Gasteiger partial charge in [0.15, 0.2) is 0 Å². The zero-order valence-electron chi connectivity index (χ0n) is 9.82. The van der Waals surface area contributed by atoms with E-state index in [0.717, 1.165) is 28.4 Å². The molecule has 1 N–H and O–H groups in total. The van der Waals surface area contributed by atoms with E-state index in [1.807, 2.05) is 25.1 Å². The predicted octanol–water partition coefficient (Wildman–Crippen LogP) is 2.46. The molecule has 2 rings (SSSR count). The highest BCUT2D eigenvalue weighted by molar-refractivity contribution is 5.58. The molecule has 0 spiro atoms. The van der Waals surface area contributed by atoms with Crippen LogP contribution in [0.25, 0.3) is 11.4 Å². The lowest BCUT2D eigenvalue weighted by Gasteiger charge is -2.05. The van der Waals surface area contributed by atoms with Crippen LogP contribution < -0.4 is 4.74 Å². The summed E-state index contributed by atoms with van der Waals surface area (Å²) in [5, 5.41) is 8.60. The van der Waals surface area contributed by atoms with Gasteiger partial charge in [-0.05, 0) is 30.7 Å². The van der Waals surface area contributed by atoms with Gasteiger partial charge in [0.1, 0.15) is 11.6 Å². The maximum atomic E-state index is 8.60. The second kappa shape index (κ2) is 4.71. The van der Waals surface area contributed by atoms with Crippen LogP contribution >= 0.6 is 0 Å². The average Bonchev–Trinajstić information content (AvgIpc) is 2.78. The molecule has 0 aliphatic carbocycles. The molecule has 1 aromatic heterocycles. The number of hydrogen-bond donors (Lipinski definition) is 1. The zero-order valence-corrected chi connectivity index (χ0v) is 9.82. The molecule has 1 aromatic carbocycles. The first kappa shape index (κ1) is 11.2. The van der Waals surface area contributed by atoms with Crippen LogP contribution in [0, 0.1) is 18.3 Å². The second-order valence-electron chi connectivity index (χ2n) is 3.78. The molecule has 0 atom stereocenters. The number of nitrogens with one attached hydrogen (secondary N) is 1. The van der Waals surface area contributed by atoms with Gasteiger partial charge in [-0.1, -0.05) is 0 Å². The first-order valence-corrected chi connectivity index (χ1v) is 5.30. The molecule has 1 heterocycles. The fraction of sp³-hybridized carbons (Fsp3) is 0.231. The van der Waals surface area contributed by atoms with E-state index >= 15 is 0 Å². The molecule has 0 amide bonds. The summed E-state index contributed by atoms with van der Waals surface area (Å²) in [6, 6.07) is 7.95. The topological polar surface area (TPSA) is 61.7 Å². The van der Waals surface area contributed by atoms with Gasteiger partial charge < -0.3 is 9.72 Å². The van der Waals surface area contributed by atoms with E-state index in [9.17, 15) is 0 Å². The normalized spacial score (nSPS) is 9.94. The first-order chi connectivity index (χ1) is 8.24. The Balaban J connectivity index is 2.33. The molecule has 4 heteroatoms. The Bertz CT molecular complexity index is 566. The summed E-state index contributed by atoms with van der Waals surface area (Å²) in [5.41, 5.74) is 2.88. The van der Waals surface area contributed by atoms with Crippen molar-refractivity contribution in [2.45, 2.75) is 13.3 Å². The molecule has 0 radical (unpaired) electrons. The average molecular weight is 227 g/mol. The maximum absolute atomic E-state index is 8.60. The molecule has 0 aliphatic heterocycles. The van der Waals surface area contributed by atoms with Gasteiger partial charge in [0.25, 0.3) is 0 Å². The third-order valence-corrected chi connectivity index (χ3v) is 2.57. The van der Waals surface area contributed by atoms with Crippen LogP contribution in [-0.2, 0) is 6.42 Å². The fourth-order valence-corrected chi connectivity index (χ4v) is 1.71. The Labute approximate surface area is 99.9 Å². The van der Waals surface area contributed by atoms with Crippen molar-refractivity contribution in [2.75, 3.05) is 7.11 Å². The predicted molar refractivity (Wildman–Crippen MR) is 64.6 cm³/mol. The number of hydrogen-bond acceptors (Lipinski definition) is 3. The molecule has 0 saturated carbocycles. The standard InChI is InChI=1S/C13H13N3O/c1-9-7-10(3-4-12(9)17-2)13-15-8-11(16-13)5-6-14/h3-4,7-8H,5H2,1-2H3,(H,15,16). The highest BCUT2D eigenvalue weighted by Gasteiger charge is 2.05. The molecule has 0 aliphatic rings. The van der Waals surface area contributed by atoms with Crippen molar-refractivity contribution in [3.63, 3.8) is 0 Å². The lowest BCUT2D eigenvalue weighted by molar-refractivity contribution is 0.412. The van der Waals surface area contributed by atoms with Gasteiger partial charge >= 0.3 is 0 Å². The van der Waals surface area contributed by atoms with Crippen LogP contribution in [0.1, 0.15) is 11.3 Å². The minimum atomic E-state index is 0.349. The van der Waals surface area contributed by atoms with E-state index in [0.29, 0.717) is 6.42 Å². The van der Waals surface area contributed by atoms with E-state index in [1.165, 1.54) is 0 Å². The second-order valence-corrected chi connectivity index (χ2v) is 3.78. The third-order valence-electron chi connectivity index (χ3n) is 2.57. The van der Waals surface area contributed by atoms with E-state index in [2.05, 4.69) is 16.0 Å². The van der Waals surface area contributed by atoms with Crippen LogP contribution in [0.4, 0.5) is 0 Å². The van der Waals surface area contributed by atoms with E-state index in [4.69, 9.17) is 10.00 Å². The number of aryl methyl sites for hydroxylation is 1. The molecular formula is C13H13N3O. The number of rotatable bonds is 3. The van der Waals surface area contributed by atoms with Crippen molar-refractivity contribution < 1.29 is 4.74 Å². The molecular weight excluding hydrogens is 214 g/mol. The number of imidazole rings is 1. The van der Waals surface area contributed by atoms with E-state index < -0.39 is 0 Å². The lowest BCUT2D eigenvalue weighted by Crippen LogP contribution is -1.89. The zero-order chi connectivity index (χ0) is 12.3. The van der Waals surface area contributed by atoms with Crippen molar-refractivity contribution in [3.8, 4) is 23.2 Å². The first-order valence-electron chi connectivity index (χ1n) is 5.30. The Morgan fingerprint density at radius 2 is 2.29 bits per heavy atom. The molecule has 2 aromatic rings. The summed E-state index contributed by atoms with van der Waals surface area (Å²) >= 11 is 0. The van der Waals surface area contributed by atoms with Crippen LogP contribution in [0.15, 0.2) is 24.4 Å². The summed E-state index contributed by atoms with van der Waals surface area (Å²) in [6.07, 6.45) is 2.04. The molecule has 0 unspecified atom stereocenters. The summed E-state index contributed by atoms with van der Waals surface area (Å²) in [6.45, 7) is 1.99. The summed E-state index contributed by atoms with van der Waals surface area (Å²) in [4.78, 5) is 7.37. The summed E-state index contributed by atoms with van der Waals surface area (Å²) < 4.78 is 5.21. The minimum absolute atomic E-state index is 0.349. The van der Waals surface area contributed by atoms with Crippen LogP contribution in [0.5, 0.6) is 5.75 Å². The van der Waals surface area contributed by atoms with Crippen LogP contribution in [0.3, 0.4) is 0 Å². The smallest absolute Gasteiger partial charge is 0.137 e. The van der Waals surface area contributed by atoms with Crippen molar-refractivity contribution in [2.24, 2.45) is 0 Å². The Hall–Kier alpha value is -2.28. The van der Waals surface area contributed by atoms with Gasteiger partial charge in [0.05, 0.1) is 19.6 Å². The quantitative estimate of drug-likeness (QED) is 0.876. The van der Waals surface area contributed by atoms with Gasteiger partial charge in [-0.25, -0.2) is 4.98 Å². The Morgan fingerprint density at radius 1 is 1.47 bits per heavy atom. The number of nitrogens with zero attached hydrogens (tertiary/aromatic N) is 2. The third kappa shape index (κ3) is 2.28. The van der Waals surface area contributed by atoms with Gasteiger partial charge in [0.2, 0.25) is 0 Å². The number of ether oxygens (including phenoxy) is 1. The lowest BCUT2D eigenvalue weighted by atomic mass is 10.1. The number of nitriles is 1. The summed E-state index contributed by atoms with van der Waals surface area (Å²) in [7, 11) is 1.65. The molecule has 17 heavy (non-hydrogen) atoms. The van der Waals surface area contributed by atoms with Gasteiger partial charge in [-0.15, -0.1) is 0 Å². The Morgan fingerprint density at radius 3 is 2.94 bits per heavy atom. The van der Waals surface area contributed by atoms with Crippen molar-refractivity contribution in [3.05, 3.63) is 35.7 Å². The van der Waals surface area contributed by atoms with Crippen molar-refractivity contribution >= 4 is 0 Å². The molecule has 0 saturated heterocycles. The maximum Gasteiger partial charge on any atom is 0.137 e. The number of methoxy groups -OCH3 is 1. The largest absolute Gasteiger partial charge is 0.496 e. The molecule has 86 valence electrons. The van der Waals surface area contributed by atoms with Crippen molar-refractivity contribution in [1.29, 1.82) is 5.26 Å². The fourth-order valence-electron chi connectivity index (χ4n) is 1.71. The minimum Gasteiger partial charge on any atom is -0.496 e. The number of H-pyrrole nitrogens is 1. The highest BCUT2D eigenvalue weighted by Crippen LogP contribution is 2.24. The number of aromatic nitrogens is 2. The SMILES string of the molecule is COc1ccc(-c2ncc(CC#N)[nH]2)cc1C. The van der Waals surface area contributed by atoms with Gasteiger partial charge in [-0.3, -0.25) is 0 Å². The summed E-state index contributed by atoms with van der Waals surface area (Å²) in [5.74, 6) is 1.64. The molecule has 0 fully saturated rings. The van der Waals surface area contributed by atoms with Crippen LogP contribution in [0.2, 0.25) is 0 Å². The van der Waals surface area contributed by atoms with E-state index in [-0.39, 0.29) is 0 Å². The van der Waals surface area contributed by atoms with Crippen molar-refractivity contribution in [1.82, 2.24) is 9.97 Å².